The lowest BCUT2D eigenvalue weighted by atomic mass is 10.1. The SMILES string of the molecule is CCC(C)NC(=O)C(C)N(Cc1ccc(OC)cc1)C(=O)CN(c1ccc(Cl)cc1)S(=O)(=O)c1ccc(OC)cc1. The lowest BCUT2D eigenvalue weighted by Crippen LogP contribution is -2.52. The number of nitrogens with zero attached hydrogens (tertiary/aromatic N) is 2. The molecule has 41 heavy (non-hydrogen) atoms. The van der Waals surface area contributed by atoms with Gasteiger partial charge in [0.2, 0.25) is 11.8 Å². The van der Waals surface area contributed by atoms with Crippen LogP contribution in [0.5, 0.6) is 11.5 Å². The summed E-state index contributed by atoms with van der Waals surface area (Å²) >= 11 is 6.07. The predicted molar refractivity (Wildman–Crippen MR) is 160 cm³/mol. The number of benzene rings is 3. The third-order valence-corrected chi connectivity index (χ3v) is 8.76. The highest BCUT2D eigenvalue weighted by molar-refractivity contribution is 7.92. The summed E-state index contributed by atoms with van der Waals surface area (Å²) in [7, 11) is -1.16. The van der Waals surface area contributed by atoms with Gasteiger partial charge in [-0.1, -0.05) is 30.7 Å². The first-order valence-corrected chi connectivity index (χ1v) is 15.0. The second-order valence-corrected chi connectivity index (χ2v) is 11.8. The number of methoxy groups -OCH3 is 2. The minimum atomic E-state index is -4.20. The van der Waals surface area contributed by atoms with Crippen molar-refractivity contribution in [1.29, 1.82) is 0 Å². The highest BCUT2D eigenvalue weighted by Crippen LogP contribution is 2.27. The van der Waals surface area contributed by atoms with Crippen molar-refractivity contribution >= 4 is 39.1 Å². The van der Waals surface area contributed by atoms with E-state index >= 15 is 0 Å². The van der Waals surface area contributed by atoms with E-state index in [1.807, 2.05) is 13.8 Å². The van der Waals surface area contributed by atoms with Crippen LogP contribution in [0.3, 0.4) is 0 Å². The summed E-state index contributed by atoms with van der Waals surface area (Å²) in [6.45, 7) is 4.99. The van der Waals surface area contributed by atoms with Crippen molar-refractivity contribution in [3.63, 3.8) is 0 Å². The molecule has 1 N–H and O–H groups in total. The van der Waals surface area contributed by atoms with Gasteiger partial charge in [0.25, 0.3) is 10.0 Å². The van der Waals surface area contributed by atoms with Gasteiger partial charge in [-0.05, 0) is 86.5 Å². The first-order chi connectivity index (χ1) is 19.5. The molecular formula is C30H36ClN3O6S. The summed E-state index contributed by atoms with van der Waals surface area (Å²) in [5.74, 6) is 0.246. The van der Waals surface area contributed by atoms with Gasteiger partial charge in [0.1, 0.15) is 24.1 Å². The van der Waals surface area contributed by atoms with Gasteiger partial charge in [0.05, 0.1) is 24.8 Å². The molecule has 0 aliphatic carbocycles. The zero-order valence-corrected chi connectivity index (χ0v) is 25.4. The van der Waals surface area contributed by atoms with Gasteiger partial charge in [-0.3, -0.25) is 13.9 Å². The Balaban J connectivity index is 2.01. The number of anilines is 1. The second kappa shape index (κ2) is 14.2. The van der Waals surface area contributed by atoms with Crippen LogP contribution in [0.25, 0.3) is 0 Å². The predicted octanol–water partition coefficient (Wildman–Crippen LogP) is 4.88. The average Bonchev–Trinajstić information content (AvgIpc) is 2.98. The molecule has 0 spiro atoms. The van der Waals surface area contributed by atoms with Crippen molar-refractivity contribution in [1.82, 2.24) is 10.2 Å². The van der Waals surface area contributed by atoms with Crippen molar-refractivity contribution in [2.45, 2.75) is 50.7 Å². The topological polar surface area (TPSA) is 105 Å². The zero-order chi connectivity index (χ0) is 30.2. The molecule has 0 heterocycles. The number of sulfonamides is 1. The van der Waals surface area contributed by atoms with Crippen molar-refractivity contribution < 1.29 is 27.5 Å². The molecule has 0 radical (unpaired) electrons. The van der Waals surface area contributed by atoms with Crippen molar-refractivity contribution in [2.75, 3.05) is 25.1 Å². The fraction of sp³-hybridized carbons (Fsp3) is 0.333. The van der Waals surface area contributed by atoms with Crippen LogP contribution in [0.15, 0.2) is 77.7 Å². The normalized spacial score (nSPS) is 12.6. The van der Waals surface area contributed by atoms with E-state index in [2.05, 4.69) is 5.32 Å². The van der Waals surface area contributed by atoms with E-state index in [0.717, 1.165) is 16.3 Å². The Morgan fingerprint density at radius 2 is 1.41 bits per heavy atom. The number of carbonyl (C=O) groups is 2. The Morgan fingerprint density at radius 1 is 0.878 bits per heavy atom. The van der Waals surface area contributed by atoms with Crippen molar-refractivity contribution in [3.8, 4) is 11.5 Å². The second-order valence-electron chi connectivity index (χ2n) is 9.53. The molecule has 0 aliphatic rings. The van der Waals surface area contributed by atoms with Crippen LogP contribution in [0, 0.1) is 0 Å². The summed E-state index contributed by atoms with van der Waals surface area (Å²) in [5.41, 5.74) is 0.998. The quantitative estimate of drug-likeness (QED) is 0.299. The fourth-order valence-corrected chi connectivity index (χ4v) is 5.53. The van der Waals surface area contributed by atoms with E-state index in [0.29, 0.717) is 16.5 Å². The van der Waals surface area contributed by atoms with Crippen molar-refractivity contribution in [2.24, 2.45) is 0 Å². The van der Waals surface area contributed by atoms with Crippen LogP contribution < -0.4 is 19.1 Å². The van der Waals surface area contributed by atoms with Crippen LogP contribution in [0.1, 0.15) is 32.8 Å². The van der Waals surface area contributed by atoms with Gasteiger partial charge >= 0.3 is 0 Å². The molecule has 0 fully saturated rings. The highest BCUT2D eigenvalue weighted by Gasteiger charge is 2.32. The van der Waals surface area contributed by atoms with Gasteiger partial charge in [-0.15, -0.1) is 0 Å². The third kappa shape index (κ3) is 8.14. The van der Waals surface area contributed by atoms with E-state index in [4.69, 9.17) is 21.1 Å². The minimum absolute atomic E-state index is 0.0229. The molecule has 220 valence electrons. The highest BCUT2D eigenvalue weighted by atomic mass is 35.5. The summed E-state index contributed by atoms with van der Waals surface area (Å²) in [4.78, 5) is 28.5. The van der Waals surface area contributed by atoms with Crippen LogP contribution in [0.2, 0.25) is 5.02 Å². The maximum absolute atomic E-state index is 14.0. The lowest BCUT2D eigenvalue weighted by molar-refractivity contribution is -0.139. The third-order valence-electron chi connectivity index (χ3n) is 6.72. The van der Waals surface area contributed by atoms with E-state index in [9.17, 15) is 18.0 Å². The van der Waals surface area contributed by atoms with Crippen LogP contribution >= 0.6 is 11.6 Å². The van der Waals surface area contributed by atoms with E-state index in [1.165, 1.54) is 48.4 Å². The first kappa shape index (κ1) is 31.8. The molecule has 2 unspecified atom stereocenters. The summed E-state index contributed by atoms with van der Waals surface area (Å²) in [5, 5.41) is 3.33. The number of hydrogen-bond acceptors (Lipinski definition) is 6. The summed E-state index contributed by atoms with van der Waals surface area (Å²) in [6, 6.07) is 18.2. The average molecular weight is 602 g/mol. The van der Waals surface area contributed by atoms with Gasteiger partial charge in [0.15, 0.2) is 0 Å². The molecule has 11 heteroatoms. The molecule has 9 nitrogen and oxygen atoms in total. The summed E-state index contributed by atoms with van der Waals surface area (Å²) < 4.78 is 39.2. The lowest BCUT2D eigenvalue weighted by Gasteiger charge is -2.32. The monoisotopic (exact) mass is 601 g/mol. The molecule has 2 atom stereocenters. The van der Waals surface area contributed by atoms with Crippen LogP contribution in [-0.4, -0.2) is 58.0 Å². The van der Waals surface area contributed by atoms with Crippen molar-refractivity contribution in [3.05, 3.63) is 83.4 Å². The van der Waals surface area contributed by atoms with Gasteiger partial charge in [-0.2, -0.15) is 0 Å². The number of nitrogens with one attached hydrogen (secondary N) is 1. The molecule has 0 bridgehead atoms. The van der Waals surface area contributed by atoms with Gasteiger partial charge in [0, 0.05) is 17.6 Å². The maximum Gasteiger partial charge on any atom is 0.264 e. The first-order valence-electron chi connectivity index (χ1n) is 13.1. The van der Waals surface area contributed by atoms with Gasteiger partial charge in [-0.25, -0.2) is 8.42 Å². The Hall–Kier alpha value is -3.76. The van der Waals surface area contributed by atoms with Gasteiger partial charge < -0.3 is 19.7 Å². The largest absolute Gasteiger partial charge is 0.497 e. The van der Waals surface area contributed by atoms with Crippen LogP contribution in [0.4, 0.5) is 5.69 Å². The number of ether oxygens (including phenoxy) is 2. The number of amides is 2. The minimum Gasteiger partial charge on any atom is -0.497 e. The number of halogens is 1. The molecule has 0 aliphatic heterocycles. The Kier molecular flexibility index (Phi) is 11.0. The van der Waals surface area contributed by atoms with Crippen LogP contribution in [-0.2, 0) is 26.2 Å². The molecule has 2 amide bonds. The zero-order valence-electron chi connectivity index (χ0n) is 23.8. The maximum atomic E-state index is 14.0. The molecule has 0 saturated carbocycles. The van der Waals surface area contributed by atoms with E-state index < -0.39 is 28.5 Å². The number of hydrogen-bond donors (Lipinski definition) is 1. The summed E-state index contributed by atoms with van der Waals surface area (Å²) in [6.07, 6.45) is 0.718. The van der Waals surface area contributed by atoms with E-state index in [1.54, 1.807) is 50.4 Å². The Morgan fingerprint density at radius 3 is 1.93 bits per heavy atom. The molecular weight excluding hydrogens is 566 g/mol. The fourth-order valence-electron chi connectivity index (χ4n) is 3.99. The molecule has 3 aromatic rings. The molecule has 0 saturated heterocycles. The smallest absolute Gasteiger partial charge is 0.264 e. The Labute approximate surface area is 247 Å². The number of carbonyl (C=O) groups excluding carboxylic acids is 2. The van der Waals surface area contributed by atoms with E-state index in [-0.39, 0.29) is 29.1 Å². The molecule has 0 aromatic heterocycles. The molecule has 3 aromatic carbocycles. The Bertz CT molecular complexity index is 1410. The standard InChI is InChI=1S/C30H36ClN3O6S/c1-6-21(2)32-30(36)22(3)33(19-23-7-13-26(39-4)14-8-23)29(35)20-34(25-11-9-24(31)10-12-25)41(37,38)28-17-15-27(40-5)16-18-28/h7-18,21-22H,6,19-20H2,1-5H3,(H,32,36). The molecule has 3 rings (SSSR count). The number of rotatable bonds is 13.